The minimum absolute atomic E-state index is 0.255. The fraction of sp³-hybridized carbons (Fsp3) is 0.500. The molecule has 0 aliphatic carbocycles. The Hall–Kier alpha value is -2.45. The van der Waals surface area contributed by atoms with E-state index in [9.17, 15) is 9.59 Å². The summed E-state index contributed by atoms with van der Waals surface area (Å²) in [5, 5.41) is 7.80. The standard InChI is InChI=1S/C18H24N4O4/c1-4-26-18(24)13-10(2)14-15(16(19)11(13)3)12(20-21-17(14)23)9-22-5-7-25-8-6-22/h4-9,19H2,1-3H3,(H,21,23). The number of morpholine rings is 1. The molecule has 3 N–H and O–H groups in total. The molecule has 2 aromatic rings. The SMILES string of the molecule is CCOC(=O)c1c(C)c(N)c2c(CN3CCOCC3)n[nH]c(=O)c2c1C. The van der Waals surface area contributed by atoms with E-state index in [1.165, 1.54) is 0 Å². The van der Waals surface area contributed by atoms with Gasteiger partial charge in [-0.1, -0.05) is 0 Å². The number of nitrogens with two attached hydrogens (primary N) is 1. The zero-order valence-electron chi connectivity index (χ0n) is 15.3. The third-order valence-electron chi connectivity index (χ3n) is 4.81. The molecule has 8 heteroatoms. The Bertz CT molecular complexity index is 900. The number of benzene rings is 1. The van der Waals surface area contributed by atoms with Gasteiger partial charge in [0.25, 0.3) is 5.56 Å². The Labute approximate surface area is 151 Å². The van der Waals surface area contributed by atoms with Gasteiger partial charge in [-0.2, -0.15) is 5.10 Å². The minimum Gasteiger partial charge on any atom is -0.462 e. The number of nitrogens with one attached hydrogen (secondary N) is 1. The van der Waals surface area contributed by atoms with E-state index in [1.54, 1.807) is 20.8 Å². The third kappa shape index (κ3) is 3.17. The van der Waals surface area contributed by atoms with Crippen LogP contribution >= 0.6 is 0 Å². The molecule has 8 nitrogen and oxygen atoms in total. The molecule has 0 saturated carbocycles. The number of hydrogen-bond acceptors (Lipinski definition) is 7. The summed E-state index contributed by atoms with van der Waals surface area (Å²) in [7, 11) is 0. The van der Waals surface area contributed by atoms with Crippen molar-refractivity contribution in [2.24, 2.45) is 0 Å². The van der Waals surface area contributed by atoms with Gasteiger partial charge in [0.15, 0.2) is 0 Å². The summed E-state index contributed by atoms with van der Waals surface area (Å²) < 4.78 is 10.5. The second-order valence-corrected chi connectivity index (χ2v) is 6.40. The fourth-order valence-electron chi connectivity index (χ4n) is 3.46. The van der Waals surface area contributed by atoms with E-state index < -0.39 is 5.97 Å². The summed E-state index contributed by atoms with van der Waals surface area (Å²) in [4.78, 5) is 27.0. The Morgan fingerprint density at radius 1 is 1.27 bits per heavy atom. The number of rotatable bonds is 4. The van der Waals surface area contributed by atoms with E-state index >= 15 is 0 Å². The molecule has 1 aromatic carbocycles. The molecule has 0 amide bonds. The van der Waals surface area contributed by atoms with Crippen LogP contribution in [0.25, 0.3) is 10.8 Å². The van der Waals surface area contributed by atoms with Crippen LogP contribution in [0.3, 0.4) is 0 Å². The number of carbonyl (C=O) groups excluding carboxylic acids is 1. The van der Waals surface area contributed by atoms with Gasteiger partial charge >= 0.3 is 5.97 Å². The number of anilines is 1. The largest absolute Gasteiger partial charge is 0.462 e. The third-order valence-corrected chi connectivity index (χ3v) is 4.81. The molecule has 1 aliphatic heterocycles. The van der Waals surface area contributed by atoms with Crippen molar-refractivity contribution in [3.63, 3.8) is 0 Å². The van der Waals surface area contributed by atoms with Gasteiger partial charge in [0.1, 0.15) is 0 Å². The maximum atomic E-state index is 12.5. The van der Waals surface area contributed by atoms with Crippen molar-refractivity contribution in [3.8, 4) is 0 Å². The van der Waals surface area contributed by atoms with Gasteiger partial charge in [0.05, 0.1) is 36.5 Å². The summed E-state index contributed by atoms with van der Waals surface area (Å²) in [5.41, 5.74) is 8.62. The average Bonchev–Trinajstić information content (AvgIpc) is 2.62. The number of H-pyrrole nitrogens is 1. The first-order valence-corrected chi connectivity index (χ1v) is 8.72. The first-order valence-electron chi connectivity index (χ1n) is 8.72. The molecule has 2 heterocycles. The average molecular weight is 360 g/mol. The summed E-state index contributed by atoms with van der Waals surface area (Å²) in [6.45, 7) is 8.99. The number of carbonyl (C=O) groups is 1. The number of esters is 1. The van der Waals surface area contributed by atoms with Gasteiger partial charge in [0, 0.05) is 30.7 Å². The number of aromatic nitrogens is 2. The predicted octanol–water partition coefficient (Wildman–Crippen LogP) is 1.13. The van der Waals surface area contributed by atoms with E-state index in [0.717, 1.165) is 13.1 Å². The number of ether oxygens (including phenoxy) is 2. The monoisotopic (exact) mass is 360 g/mol. The summed E-state index contributed by atoms with van der Waals surface area (Å²) in [6, 6.07) is 0. The molecule has 1 aliphatic rings. The summed E-state index contributed by atoms with van der Waals surface area (Å²) in [6.07, 6.45) is 0. The van der Waals surface area contributed by atoms with Crippen LogP contribution in [0, 0.1) is 13.8 Å². The van der Waals surface area contributed by atoms with E-state index in [1.807, 2.05) is 0 Å². The highest BCUT2D eigenvalue weighted by molar-refractivity contribution is 6.06. The van der Waals surface area contributed by atoms with Crippen LogP contribution in [0.5, 0.6) is 0 Å². The van der Waals surface area contributed by atoms with Crippen molar-refractivity contribution in [1.29, 1.82) is 0 Å². The number of fused-ring (bicyclic) bond motifs is 1. The molecule has 1 saturated heterocycles. The van der Waals surface area contributed by atoms with Gasteiger partial charge in [-0.05, 0) is 31.9 Å². The van der Waals surface area contributed by atoms with Gasteiger partial charge in [0.2, 0.25) is 0 Å². The van der Waals surface area contributed by atoms with Crippen molar-refractivity contribution < 1.29 is 14.3 Å². The van der Waals surface area contributed by atoms with Crippen LogP contribution < -0.4 is 11.3 Å². The Morgan fingerprint density at radius 2 is 1.96 bits per heavy atom. The van der Waals surface area contributed by atoms with Crippen LogP contribution in [0.4, 0.5) is 5.69 Å². The van der Waals surface area contributed by atoms with Gasteiger partial charge in [-0.25, -0.2) is 9.89 Å². The molecule has 1 fully saturated rings. The van der Waals surface area contributed by atoms with E-state index in [4.69, 9.17) is 15.2 Å². The van der Waals surface area contributed by atoms with Crippen molar-refractivity contribution in [2.45, 2.75) is 27.3 Å². The first kappa shape index (κ1) is 18.3. The Balaban J connectivity index is 2.19. The maximum absolute atomic E-state index is 12.5. The van der Waals surface area contributed by atoms with Crippen LogP contribution in [-0.2, 0) is 16.0 Å². The number of hydrogen-bond donors (Lipinski definition) is 2. The smallest absolute Gasteiger partial charge is 0.338 e. The van der Waals surface area contributed by atoms with Gasteiger partial charge < -0.3 is 15.2 Å². The molecule has 1 aromatic heterocycles. The topological polar surface area (TPSA) is 111 Å². The lowest BCUT2D eigenvalue weighted by Gasteiger charge is -2.26. The maximum Gasteiger partial charge on any atom is 0.338 e. The minimum atomic E-state index is -0.470. The Kier molecular flexibility index (Phi) is 5.24. The van der Waals surface area contributed by atoms with E-state index in [2.05, 4.69) is 15.1 Å². The lowest BCUT2D eigenvalue weighted by molar-refractivity contribution is 0.0337. The van der Waals surface area contributed by atoms with Gasteiger partial charge in [-0.15, -0.1) is 0 Å². The summed E-state index contributed by atoms with van der Waals surface area (Å²) in [5.74, 6) is -0.470. The number of nitrogens with zero attached hydrogens (tertiary/aromatic N) is 2. The second-order valence-electron chi connectivity index (χ2n) is 6.40. The lowest BCUT2D eigenvalue weighted by Crippen LogP contribution is -2.36. The first-order chi connectivity index (χ1) is 12.5. The van der Waals surface area contributed by atoms with E-state index in [0.29, 0.717) is 58.6 Å². The highest BCUT2D eigenvalue weighted by Gasteiger charge is 2.24. The van der Waals surface area contributed by atoms with Crippen molar-refractivity contribution in [3.05, 3.63) is 32.7 Å². The normalized spacial score (nSPS) is 15.3. The highest BCUT2D eigenvalue weighted by atomic mass is 16.5. The highest BCUT2D eigenvalue weighted by Crippen LogP contribution is 2.32. The lowest BCUT2D eigenvalue weighted by atomic mass is 9.93. The molecular weight excluding hydrogens is 336 g/mol. The second kappa shape index (κ2) is 7.43. The zero-order chi connectivity index (χ0) is 18.8. The molecule has 140 valence electrons. The molecule has 0 radical (unpaired) electrons. The molecule has 0 spiro atoms. The molecule has 26 heavy (non-hydrogen) atoms. The van der Waals surface area contributed by atoms with Crippen LogP contribution in [0.15, 0.2) is 4.79 Å². The molecule has 0 unspecified atom stereocenters. The van der Waals surface area contributed by atoms with Crippen LogP contribution in [0.1, 0.15) is 34.1 Å². The molecule has 3 rings (SSSR count). The fourth-order valence-corrected chi connectivity index (χ4v) is 3.46. The number of aryl methyl sites for hydroxylation is 1. The van der Waals surface area contributed by atoms with Crippen molar-refractivity contribution in [1.82, 2.24) is 15.1 Å². The van der Waals surface area contributed by atoms with Crippen LogP contribution in [0.2, 0.25) is 0 Å². The quantitative estimate of drug-likeness (QED) is 0.621. The molecular formula is C18H24N4O4. The number of aromatic amines is 1. The molecule has 0 atom stereocenters. The number of nitrogen functional groups attached to an aromatic ring is 1. The predicted molar refractivity (Wildman–Crippen MR) is 98.3 cm³/mol. The van der Waals surface area contributed by atoms with Gasteiger partial charge in [-0.3, -0.25) is 9.69 Å². The van der Waals surface area contributed by atoms with Crippen LogP contribution in [-0.4, -0.2) is 54.0 Å². The van der Waals surface area contributed by atoms with Crippen molar-refractivity contribution in [2.75, 3.05) is 38.6 Å². The molecule has 0 bridgehead atoms. The zero-order valence-corrected chi connectivity index (χ0v) is 15.3. The van der Waals surface area contributed by atoms with Crippen molar-refractivity contribution >= 4 is 22.4 Å². The summed E-state index contributed by atoms with van der Waals surface area (Å²) >= 11 is 0. The Morgan fingerprint density at radius 3 is 2.62 bits per heavy atom. The van der Waals surface area contributed by atoms with E-state index in [-0.39, 0.29) is 12.2 Å².